The largest absolute Gasteiger partial charge is 0.324 e. The lowest BCUT2D eigenvalue weighted by Gasteiger charge is -2.15. The van der Waals surface area contributed by atoms with E-state index in [1.807, 2.05) is 18.3 Å². The number of aryl methyl sites for hydroxylation is 2. The average molecular weight is 305 g/mol. The van der Waals surface area contributed by atoms with Crippen molar-refractivity contribution in [1.82, 2.24) is 4.98 Å². The Hall–Kier alpha value is -1.19. The molecule has 2 aromatic rings. The van der Waals surface area contributed by atoms with E-state index in [1.54, 1.807) is 0 Å². The molecule has 0 amide bonds. The maximum Gasteiger partial charge on any atom is 0.0423 e. The summed E-state index contributed by atoms with van der Waals surface area (Å²) in [5.74, 6) is 0. The number of nitrogens with zero attached hydrogens (tertiary/aromatic N) is 1. The molecule has 1 aromatic carbocycles. The van der Waals surface area contributed by atoms with Crippen molar-refractivity contribution >= 4 is 15.9 Å². The highest BCUT2D eigenvalue weighted by atomic mass is 79.9. The third-order valence-electron chi connectivity index (χ3n) is 3.05. The number of rotatable bonds is 3. The van der Waals surface area contributed by atoms with Crippen LogP contribution in [0.5, 0.6) is 0 Å². The first-order chi connectivity index (χ1) is 8.56. The lowest BCUT2D eigenvalue weighted by Crippen LogP contribution is -2.15. The van der Waals surface area contributed by atoms with Gasteiger partial charge in [0, 0.05) is 28.8 Å². The van der Waals surface area contributed by atoms with Gasteiger partial charge in [0.15, 0.2) is 0 Å². The topological polar surface area (TPSA) is 38.9 Å². The van der Waals surface area contributed by atoms with Gasteiger partial charge in [-0.05, 0) is 53.0 Å². The Morgan fingerprint density at radius 2 is 2.00 bits per heavy atom. The average Bonchev–Trinajstić information content (AvgIpc) is 2.35. The second-order valence-electron chi connectivity index (χ2n) is 4.64. The second kappa shape index (κ2) is 5.63. The molecule has 0 radical (unpaired) electrons. The van der Waals surface area contributed by atoms with Crippen molar-refractivity contribution in [3.63, 3.8) is 0 Å². The molecule has 0 fully saturated rings. The first-order valence-corrected chi connectivity index (χ1v) is 6.78. The number of nitrogens with two attached hydrogens (primary N) is 1. The van der Waals surface area contributed by atoms with Crippen molar-refractivity contribution in [3.05, 3.63) is 63.4 Å². The number of halogens is 1. The van der Waals surface area contributed by atoms with E-state index in [9.17, 15) is 0 Å². The molecule has 0 aliphatic heterocycles. The van der Waals surface area contributed by atoms with Gasteiger partial charge in [0.05, 0.1) is 0 Å². The Morgan fingerprint density at radius 3 is 2.67 bits per heavy atom. The molecule has 18 heavy (non-hydrogen) atoms. The summed E-state index contributed by atoms with van der Waals surface area (Å²) in [5, 5.41) is 0. The lowest BCUT2D eigenvalue weighted by molar-refractivity contribution is 0.701. The van der Waals surface area contributed by atoms with Crippen molar-refractivity contribution in [2.45, 2.75) is 26.3 Å². The second-order valence-corrected chi connectivity index (χ2v) is 5.55. The predicted molar refractivity (Wildman–Crippen MR) is 78.5 cm³/mol. The van der Waals surface area contributed by atoms with Crippen molar-refractivity contribution in [3.8, 4) is 0 Å². The zero-order valence-corrected chi connectivity index (χ0v) is 12.2. The summed E-state index contributed by atoms with van der Waals surface area (Å²) in [6.07, 6.45) is 2.57. The van der Waals surface area contributed by atoms with E-state index in [-0.39, 0.29) is 6.04 Å². The summed E-state index contributed by atoms with van der Waals surface area (Å²) < 4.78 is 0.992. The number of hydrogen-bond donors (Lipinski definition) is 1. The van der Waals surface area contributed by atoms with Crippen LogP contribution in [0, 0.1) is 13.8 Å². The third-order valence-corrected chi connectivity index (χ3v) is 3.52. The molecule has 1 heterocycles. The molecular weight excluding hydrogens is 288 g/mol. The minimum atomic E-state index is -0.00132. The molecule has 0 bridgehead atoms. The summed E-state index contributed by atoms with van der Waals surface area (Å²) in [5.41, 5.74) is 11.0. The fourth-order valence-electron chi connectivity index (χ4n) is 2.02. The standard InChI is InChI=1S/C15H17BrN2/c1-10-3-4-11(2)14(7-10)15(17)8-13-6-5-12(16)9-18-13/h3-7,9,15H,8,17H2,1-2H3. The summed E-state index contributed by atoms with van der Waals surface area (Å²) in [6.45, 7) is 4.19. The summed E-state index contributed by atoms with van der Waals surface area (Å²) in [6, 6.07) is 10.4. The Balaban J connectivity index is 2.18. The van der Waals surface area contributed by atoms with E-state index in [0.29, 0.717) is 0 Å². The molecule has 3 heteroatoms. The Kier molecular flexibility index (Phi) is 4.15. The van der Waals surface area contributed by atoms with Gasteiger partial charge in [-0.2, -0.15) is 0 Å². The first kappa shape index (κ1) is 13.2. The molecule has 2 N–H and O–H groups in total. The highest BCUT2D eigenvalue weighted by Crippen LogP contribution is 2.20. The van der Waals surface area contributed by atoms with Crippen LogP contribution in [0.25, 0.3) is 0 Å². The van der Waals surface area contributed by atoms with Crippen LogP contribution in [0.2, 0.25) is 0 Å². The highest BCUT2D eigenvalue weighted by molar-refractivity contribution is 9.10. The summed E-state index contributed by atoms with van der Waals surface area (Å²) >= 11 is 3.38. The zero-order chi connectivity index (χ0) is 13.1. The monoisotopic (exact) mass is 304 g/mol. The molecule has 1 atom stereocenters. The summed E-state index contributed by atoms with van der Waals surface area (Å²) in [4.78, 5) is 4.37. The first-order valence-electron chi connectivity index (χ1n) is 5.99. The van der Waals surface area contributed by atoms with Crippen LogP contribution in [0.4, 0.5) is 0 Å². The Labute approximate surface area is 116 Å². The van der Waals surface area contributed by atoms with Gasteiger partial charge in [-0.15, -0.1) is 0 Å². The van der Waals surface area contributed by atoms with E-state index in [4.69, 9.17) is 5.73 Å². The lowest BCUT2D eigenvalue weighted by atomic mass is 9.96. The maximum atomic E-state index is 6.28. The molecule has 0 aliphatic carbocycles. The van der Waals surface area contributed by atoms with Gasteiger partial charge >= 0.3 is 0 Å². The van der Waals surface area contributed by atoms with Gasteiger partial charge in [0.2, 0.25) is 0 Å². The summed E-state index contributed by atoms with van der Waals surface area (Å²) in [7, 11) is 0. The van der Waals surface area contributed by atoms with Crippen LogP contribution in [-0.4, -0.2) is 4.98 Å². The Morgan fingerprint density at radius 1 is 1.22 bits per heavy atom. The van der Waals surface area contributed by atoms with Crippen LogP contribution in [0.15, 0.2) is 41.0 Å². The van der Waals surface area contributed by atoms with Crippen LogP contribution < -0.4 is 5.73 Å². The highest BCUT2D eigenvalue weighted by Gasteiger charge is 2.10. The van der Waals surface area contributed by atoms with Gasteiger partial charge in [0.1, 0.15) is 0 Å². The molecule has 0 saturated heterocycles. The minimum Gasteiger partial charge on any atom is -0.324 e. The smallest absolute Gasteiger partial charge is 0.0423 e. The van der Waals surface area contributed by atoms with E-state index in [2.05, 4.69) is 53.0 Å². The number of benzene rings is 1. The molecule has 1 unspecified atom stereocenters. The predicted octanol–water partition coefficient (Wildman–Crippen LogP) is 3.70. The SMILES string of the molecule is Cc1ccc(C)c(C(N)Cc2ccc(Br)cn2)c1. The molecule has 0 spiro atoms. The normalized spacial score (nSPS) is 12.4. The van der Waals surface area contributed by atoms with Gasteiger partial charge in [-0.1, -0.05) is 23.8 Å². The maximum absolute atomic E-state index is 6.28. The number of hydrogen-bond acceptors (Lipinski definition) is 2. The molecule has 0 saturated carbocycles. The molecule has 1 aromatic heterocycles. The number of aromatic nitrogens is 1. The van der Waals surface area contributed by atoms with Crippen LogP contribution >= 0.6 is 15.9 Å². The van der Waals surface area contributed by atoms with E-state index < -0.39 is 0 Å². The molecule has 0 aliphatic rings. The molecule has 94 valence electrons. The van der Waals surface area contributed by atoms with Crippen molar-refractivity contribution in [2.24, 2.45) is 5.73 Å². The quantitative estimate of drug-likeness (QED) is 0.939. The van der Waals surface area contributed by atoms with Crippen molar-refractivity contribution in [1.29, 1.82) is 0 Å². The minimum absolute atomic E-state index is 0.00132. The van der Waals surface area contributed by atoms with Gasteiger partial charge in [-0.3, -0.25) is 4.98 Å². The third kappa shape index (κ3) is 3.18. The fraction of sp³-hybridized carbons (Fsp3) is 0.267. The molecular formula is C15H17BrN2. The van der Waals surface area contributed by atoms with Gasteiger partial charge in [0.25, 0.3) is 0 Å². The van der Waals surface area contributed by atoms with Gasteiger partial charge < -0.3 is 5.73 Å². The van der Waals surface area contributed by atoms with Crippen LogP contribution in [0.1, 0.15) is 28.4 Å². The van der Waals surface area contributed by atoms with Crippen LogP contribution in [-0.2, 0) is 6.42 Å². The molecule has 2 nitrogen and oxygen atoms in total. The molecule has 2 rings (SSSR count). The fourth-order valence-corrected chi connectivity index (χ4v) is 2.26. The zero-order valence-electron chi connectivity index (χ0n) is 10.7. The van der Waals surface area contributed by atoms with E-state index in [0.717, 1.165) is 16.6 Å². The number of pyridine rings is 1. The van der Waals surface area contributed by atoms with Crippen LogP contribution in [0.3, 0.4) is 0 Å². The van der Waals surface area contributed by atoms with Crippen molar-refractivity contribution < 1.29 is 0 Å². The van der Waals surface area contributed by atoms with Gasteiger partial charge in [-0.25, -0.2) is 0 Å². The Bertz CT molecular complexity index is 535. The van der Waals surface area contributed by atoms with Crippen molar-refractivity contribution in [2.75, 3.05) is 0 Å². The van der Waals surface area contributed by atoms with E-state index in [1.165, 1.54) is 16.7 Å². The van der Waals surface area contributed by atoms with E-state index >= 15 is 0 Å².